The highest BCUT2D eigenvalue weighted by atomic mass is 19.2. The summed E-state index contributed by atoms with van der Waals surface area (Å²) in [6, 6.07) is 7.73. The molecular formula is C27H33F3O4. The molecule has 0 radical (unpaired) electrons. The van der Waals surface area contributed by atoms with Crippen molar-refractivity contribution in [2.75, 3.05) is 19.8 Å². The Hall–Kier alpha value is -2.35. The number of aryl methyl sites for hydroxylation is 1. The minimum atomic E-state index is -1.06. The number of hydrogen-bond acceptors (Lipinski definition) is 4. The predicted molar refractivity (Wildman–Crippen MR) is 124 cm³/mol. The molecule has 0 bridgehead atoms. The molecule has 1 unspecified atom stereocenters. The van der Waals surface area contributed by atoms with Gasteiger partial charge >= 0.3 is 0 Å². The third kappa shape index (κ3) is 6.84. The second kappa shape index (κ2) is 12.9. The first kappa shape index (κ1) is 26.3. The first-order valence-electron chi connectivity index (χ1n) is 11.9. The monoisotopic (exact) mass is 478 g/mol. The number of allylic oxidation sites excluding steroid dienone is 1. The molecule has 0 aliphatic carbocycles. The molecule has 1 saturated heterocycles. The first-order valence-corrected chi connectivity index (χ1v) is 11.9. The Morgan fingerprint density at radius 1 is 1.15 bits per heavy atom. The van der Waals surface area contributed by atoms with E-state index in [2.05, 4.69) is 6.58 Å². The van der Waals surface area contributed by atoms with E-state index in [0.717, 1.165) is 18.4 Å². The molecule has 3 rings (SSSR count). The highest BCUT2D eigenvalue weighted by Crippen LogP contribution is 2.32. The van der Waals surface area contributed by atoms with Gasteiger partial charge in [0.1, 0.15) is 5.82 Å². The van der Waals surface area contributed by atoms with Gasteiger partial charge in [-0.25, -0.2) is 8.78 Å². The summed E-state index contributed by atoms with van der Waals surface area (Å²) in [4.78, 5) is 0. The Morgan fingerprint density at radius 3 is 2.59 bits per heavy atom. The molecule has 1 N–H and O–H groups in total. The highest BCUT2D eigenvalue weighted by molar-refractivity contribution is 5.32. The largest absolute Gasteiger partial charge is 0.490 e. The van der Waals surface area contributed by atoms with Gasteiger partial charge < -0.3 is 19.3 Å². The summed E-state index contributed by atoms with van der Waals surface area (Å²) in [6.07, 6.45) is 3.95. The first-order chi connectivity index (χ1) is 16.4. The summed E-state index contributed by atoms with van der Waals surface area (Å²) in [5.41, 5.74) is 1.14. The van der Waals surface area contributed by atoms with E-state index in [1.54, 1.807) is 12.1 Å². The van der Waals surface area contributed by atoms with Gasteiger partial charge in [0, 0.05) is 17.0 Å². The van der Waals surface area contributed by atoms with Gasteiger partial charge in [0.05, 0.1) is 25.9 Å². The molecule has 2 aromatic rings. The molecule has 2 aromatic carbocycles. The number of aliphatic hydroxyl groups is 1. The van der Waals surface area contributed by atoms with Crippen LogP contribution in [0.15, 0.2) is 43.0 Å². The van der Waals surface area contributed by atoms with Crippen molar-refractivity contribution in [3.63, 3.8) is 0 Å². The van der Waals surface area contributed by atoms with E-state index in [1.807, 2.05) is 13.0 Å². The van der Waals surface area contributed by atoms with E-state index in [9.17, 15) is 18.3 Å². The summed E-state index contributed by atoms with van der Waals surface area (Å²) in [5.74, 6) is -2.59. The van der Waals surface area contributed by atoms with Crippen molar-refractivity contribution in [2.24, 2.45) is 5.92 Å². The minimum absolute atomic E-state index is 0.00214. The number of ether oxygens (including phenoxy) is 3. The van der Waals surface area contributed by atoms with Crippen molar-refractivity contribution in [1.29, 1.82) is 0 Å². The molecule has 186 valence electrons. The third-order valence-electron chi connectivity index (χ3n) is 5.93. The second-order valence-electron chi connectivity index (χ2n) is 8.62. The van der Waals surface area contributed by atoms with Crippen LogP contribution in [-0.4, -0.2) is 24.9 Å². The molecular weight excluding hydrogens is 445 g/mol. The Kier molecular flexibility index (Phi) is 9.99. The van der Waals surface area contributed by atoms with Crippen LogP contribution >= 0.6 is 0 Å². The van der Waals surface area contributed by atoms with Crippen molar-refractivity contribution in [3.05, 3.63) is 77.1 Å². The average Bonchev–Trinajstić information content (AvgIpc) is 2.83. The fourth-order valence-electron chi connectivity index (χ4n) is 3.94. The predicted octanol–water partition coefficient (Wildman–Crippen LogP) is 6.58. The molecule has 0 saturated carbocycles. The fraction of sp³-hybridized carbons (Fsp3) is 0.481. The van der Waals surface area contributed by atoms with Gasteiger partial charge in [0.25, 0.3) is 0 Å². The fourth-order valence-corrected chi connectivity index (χ4v) is 3.94. The minimum Gasteiger partial charge on any atom is -0.490 e. The normalized spacial score (nSPS) is 19.1. The van der Waals surface area contributed by atoms with Gasteiger partial charge in [0.15, 0.2) is 17.9 Å². The van der Waals surface area contributed by atoms with Gasteiger partial charge in [-0.3, -0.25) is 0 Å². The maximum Gasteiger partial charge on any atom is 0.201 e. The van der Waals surface area contributed by atoms with Crippen LogP contribution in [0.2, 0.25) is 0 Å². The van der Waals surface area contributed by atoms with Gasteiger partial charge in [-0.1, -0.05) is 31.6 Å². The van der Waals surface area contributed by atoms with Gasteiger partial charge in [0.2, 0.25) is 5.82 Å². The summed E-state index contributed by atoms with van der Waals surface area (Å²) in [5, 5.41) is 10.0. The maximum atomic E-state index is 14.6. The molecule has 1 atom stereocenters. The summed E-state index contributed by atoms with van der Waals surface area (Å²) < 4.78 is 60.0. The van der Waals surface area contributed by atoms with Gasteiger partial charge in [-0.05, 0) is 55.9 Å². The number of benzene rings is 2. The Balaban J connectivity index is 1.50. The van der Waals surface area contributed by atoms with Crippen LogP contribution in [0.5, 0.6) is 5.75 Å². The molecule has 0 spiro atoms. The van der Waals surface area contributed by atoms with E-state index in [-0.39, 0.29) is 23.8 Å². The lowest BCUT2D eigenvalue weighted by Gasteiger charge is -2.30. The molecule has 7 heteroatoms. The van der Waals surface area contributed by atoms with Gasteiger partial charge in [-0.2, -0.15) is 4.39 Å². The maximum absolute atomic E-state index is 14.6. The zero-order valence-corrected chi connectivity index (χ0v) is 19.6. The molecule has 1 fully saturated rings. The van der Waals surface area contributed by atoms with Crippen LogP contribution in [-0.2, 0) is 15.9 Å². The second-order valence-corrected chi connectivity index (χ2v) is 8.62. The van der Waals surface area contributed by atoms with E-state index < -0.39 is 29.8 Å². The van der Waals surface area contributed by atoms with Crippen LogP contribution < -0.4 is 4.74 Å². The number of unbranched alkanes of at least 4 members (excludes halogenated alkanes) is 1. The molecule has 1 heterocycles. The molecule has 34 heavy (non-hydrogen) atoms. The quantitative estimate of drug-likeness (QED) is 0.277. The average molecular weight is 479 g/mol. The Bertz CT molecular complexity index is 942. The highest BCUT2D eigenvalue weighted by Gasteiger charge is 2.28. The molecule has 0 aromatic heterocycles. The summed E-state index contributed by atoms with van der Waals surface area (Å²) in [6.45, 7) is 6.46. The van der Waals surface area contributed by atoms with Crippen LogP contribution in [0.1, 0.15) is 68.1 Å². The number of halogens is 3. The number of aliphatic hydroxyl groups excluding tert-OH is 1. The molecule has 4 nitrogen and oxygen atoms in total. The van der Waals surface area contributed by atoms with Crippen LogP contribution in [0.3, 0.4) is 0 Å². The standard InChI is InChI=1S/C27H33F3O4/c1-3-5-6-14-32-24-13-12-21(25(29)26(24)30)27-33-16-19(17-34-27)9-8-18-10-11-20(22(28)15-18)23(31)7-4-2/h3,10-13,15,19,23,27,31H,1,4-9,14,16-17H2,2H3. The molecule has 1 aliphatic rings. The van der Waals surface area contributed by atoms with E-state index in [1.165, 1.54) is 18.2 Å². The van der Waals surface area contributed by atoms with Crippen LogP contribution in [0.4, 0.5) is 13.2 Å². The van der Waals surface area contributed by atoms with E-state index >= 15 is 0 Å². The lowest BCUT2D eigenvalue weighted by atomic mass is 9.97. The summed E-state index contributed by atoms with van der Waals surface area (Å²) in [7, 11) is 0. The topological polar surface area (TPSA) is 47.9 Å². The lowest BCUT2D eigenvalue weighted by Crippen LogP contribution is -2.28. The Morgan fingerprint density at radius 2 is 1.91 bits per heavy atom. The van der Waals surface area contributed by atoms with Crippen molar-refractivity contribution < 1.29 is 32.5 Å². The number of hydrogen-bond donors (Lipinski definition) is 1. The molecule has 0 amide bonds. The van der Waals surface area contributed by atoms with E-state index in [4.69, 9.17) is 14.2 Å². The van der Waals surface area contributed by atoms with Gasteiger partial charge in [-0.15, -0.1) is 6.58 Å². The van der Waals surface area contributed by atoms with E-state index in [0.29, 0.717) is 44.5 Å². The zero-order valence-electron chi connectivity index (χ0n) is 19.6. The third-order valence-corrected chi connectivity index (χ3v) is 5.93. The van der Waals surface area contributed by atoms with Crippen molar-refractivity contribution >= 4 is 0 Å². The number of rotatable bonds is 12. The SMILES string of the molecule is C=CCCCOc1ccc(C2OCC(CCc3ccc(C(O)CCC)c(F)c3)CO2)c(F)c1F. The Labute approximate surface area is 199 Å². The lowest BCUT2D eigenvalue weighted by molar-refractivity contribution is -0.207. The smallest absolute Gasteiger partial charge is 0.201 e. The van der Waals surface area contributed by atoms with Crippen molar-refractivity contribution in [1.82, 2.24) is 0 Å². The van der Waals surface area contributed by atoms with Crippen LogP contribution in [0, 0.1) is 23.4 Å². The van der Waals surface area contributed by atoms with Crippen molar-refractivity contribution in [3.8, 4) is 5.75 Å². The molecule has 1 aliphatic heterocycles. The van der Waals surface area contributed by atoms with Crippen molar-refractivity contribution in [2.45, 2.75) is 57.8 Å². The summed E-state index contributed by atoms with van der Waals surface area (Å²) >= 11 is 0. The zero-order chi connectivity index (χ0) is 24.5. The van der Waals surface area contributed by atoms with Crippen LogP contribution in [0.25, 0.3) is 0 Å².